The predicted molar refractivity (Wildman–Crippen MR) is 76.7 cm³/mol. The lowest BCUT2D eigenvalue weighted by Crippen LogP contribution is -2.35. The molecule has 0 amide bonds. The number of anilines is 1. The summed E-state index contributed by atoms with van der Waals surface area (Å²) < 4.78 is 0. The standard InChI is InChI=1S/C16H22N2O/c1-12-9-13(11-19)10-17-16(12)18-8-4-7-15(18)14-5-2-3-6-14/h9-11,14-15H,2-8H2,1H3. The van der Waals surface area contributed by atoms with Gasteiger partial charge in [-0.2, -0.15) is 0 Å². The van der Waals surface area contributed by atoms with Crippen LogP contribution in [0.2, 0.25) is 0 Å². The summed E-state index contributed by atoms with van der Waals surface area (Å²) in [4.78, 5) is 17.9. The van der Waals surface area contributed by atoms with Crippen LogP contribution in [-0.4, -0.2) is 23.9 Å². The lowest BCUT2D eigenvalue weighted by Gasteiger charge is -2.31. The van der Waals surface area contributed by atoms with E-state index in [4.69, 9.17) is 0 Å². The van der Waals surface area contributed by atoms with Crippen molar-refractivity contribution in [1.29, 1.82) is 0 Å². The first-order valence-corrected chi connectivity index (χ1v) is 7.48. The first-order valence-electron chi connectivity index (χ1n) is 7.48. The summed E-state index contributed by atoms with van der Waals surface area (Å²) in [5.74, 6) is 1.95. The highest BCUT2D eigenvalue weighted by atomic mass is 16.1. The van der Waals surface area contributed by atoms with Crippen molar-refractivity contribution < 1.29 is 4.79 Å². The van der Waals surface area contributed by atoms with Gasteiger partial charge in [0.2, 0.25) is 0 Å². The molecule has 1 aliphatic carbocycles. The maximum atomic E-state index is 10.8. The molecule has 2 heterocycles. The fraction of sp³-hybridized carbons (Fsp3) is 0.625. The molecule has 1 unspecified atom stereocenters. The fourth-order valence-electron chi connectivity index (χ4n) is 3.84. The maximum absolute atomic E-state index is 10.8. The van der Waals surface area contributed by atoms with Crippen molar-refractivity contribution in [3.05, 3.63) is 23.4 Å². The first kappa shape index (κ1) is 12.6. The number of aldehydes is 1. The van der Waals surface area contributed by atoms with Gasteiger partial charge >= 0.3 is 0 Å². The average Bonchev–Trinajstić information content (AvgIpc) is 3.08. The minimum Gasteiger partial charge on any atom is -0.353 e. The van der Waals surface area contributed by atoms with E-state index in [-0.39, 0.29) is 0 Å². The number of hydrogen-bond donors (Lipinski definition) is 0. The van der Waals surface area contributed by atoms with E-state index in [0.717, 1.165) is 30.1 Å². The van der Waals surface area contributed by atoms with E-state index in [1.807, 2.05) is 6.07 Å². The van der Waals surface area contributed by atoms with Crippen molar-refractivity contribution in [3.8, 4) is 0 Å². The van der Waals surface area contributed by atoms with Gasteiger partial charge in [0.05, 0.1) is 0 Å². The van der Waals surface area contributed by atoms with Crippen molar-refractivity contribution in [2.24, 2.45) is 5.92 Å². The van der Waals surface area contributed by atoms with Gasteiger partial charge < -0.3 is 4.90 Å². The molecule has 1 aliphatic heterocycles. The topological polar surface area (TPSA) is 33.2 Å². The van der Waals surface area contributed by atoms with Gasteiger partial charge in [-0.25, -0.2) is 4.98 Å². The largest absolute Gasteiger partial charge is 0.353 e. The van der Waals surface area contributed by atoms with E-state index in [1.54, 1.807) is 6.20 Å². The Bertz CT molecular complexity index is 466. The van der Waals surface area contributed by atoms with E-state index < -0.39 is 0 Å². The molecule has 1 saturated carbocycles. The second kappa shape index (κ2) is 5.32. The van der Waals surface area contributed by atoms with Gasteiger partial charge in [-0.3, -0.25) is 4.79 Å². The number of aromatic nitrogens is 1. The number of aryl methyl sites for hydroxylation is 1. The van der Waals surface area contributed by atoms with Crippen LogP contribution < -0.4 is 4.90 Å². The monoisotopic (exact) mass is 258 g/mol. The maximum Gasteiger partial charge on any atom is 0.151 e. The van der Waals surface area contributed by atoms with Crippen LogP contribution in [0.25, 0.3) is 0 Å². The fourth-order valence-corrected chi connectivity index (χ4v) is 3.84. The Balaban J connectivity index is 1.85. The molecule has 1 saturated heterocycles. The number of carbonyl (C=O) groups is 1. The van der Waals surface area contributed by atoms with Gasteiger partial charge in [0.25, 0.3) is 0 Å². The SMILES string of the molecule is Cc1cc(C=O)cnc1N1CCCC1C1CCCC1. The Morgan fingerprint density at radius 3 is 2.74 bits per heavy atom. The highest BCUT2D eigenvalue weighted by Gasteiger charge is 2.34. The Morgan fingerprint density at radius 2 is 2.05 bits per heavy atom. The lowest BCUT2D eigenvalue weighted by atomic mass is 9.96. The molecule has 0 bridgehead atoms. The van der Waals surface area contributed by atoms with Crippen LogP contribution in [0.4, 0.5) is 5.82 Å². The molecule has 0 N–H and O–H groups in total. The lowest BCUT2D eigenvalue weighted by molar-refractivity contribution is 0.112. The molecule has 19 heavy (non-hydrogen) atoms. The molecule has 1 aromatic heterocycles. The van der Waals surface area contributed by atoms with Crippen molar-refractivity contribution in [2.45, 2.75) is 51.5 Å². The van der Waals surface area contributed by atoms with E-state index >= 15 is 0 Å². The molecular weight excluding hydrogens is 236 g/mol. The zero-order valence-corrected chi connectivity index (χ0v) is 11.6. The van der Waals surface area contributed by atoms with Crippen LogP contribution in [0.1, 0.15) is 54.4 Å². The van der Waals surface area contributed by atoms with Crippen molar-refractivity contribution in [3.63, 3.8) is 0 Å². The summed E-state index contributed by atoms with van der Waals surface area (Å²) in [6.07, 6.45) is 10.7. The molecule has 1 atom stereocenters. The predicted octanol–water partition coefficient (Wildman–Crippen LogP) is 3.36. The molecule has 2 fully saturated rings. The molecule has 2 aliphatic rings. The summed E-state index contributed by atoms with van der Waals surface area (Å²) >= 11 is 0. The van der Waals surface area contributed by atoms with E-state index in [2.05, 4.69) is 16.8 Å². The third kappa shape index (κ3) is 2.38. The van der Waals surface area contributed by atoms with Crippen LogP contribution in [-0.2, 0) is 0 Å². The Kier molecular flexibility index (Phi) is 3.54. The minimum atomic E-state index is 0.677. The van der Waals surface area contributed by atoms with Crippen molar-refractivity contribution in [1.82, 2.24) is 4.98 Å². The Morgan fingerprint density at radius 1 is 1.26 bits per heavy atom. The molecule has 3 nitrogen and oxygen atoms in total. The van der Waals surface area contributed by atoms with Gasteiger partial charge in [0, 0.05) is 24.3 Å². The van der Waals surface area contributed by atoms with Crippen molar-refractivity contribution in [2.75, 3.05) is 11.4 Å². The average molecular weight is 258 g/mol. The van der Waals surface area contributed by atoms with Crippen molar-refractivity contribution >= 4 is 12.1 Å². The highest BCUT2D eigenvalue weighted by Crippen LogP contribution is 2.37. The van der Waals surface area contributed by atoms with E-state index in [9.17, 15) is 4.79 Å². The van der Waals surface area contributed by atoms with Gasteiger partial charge in [0.1, 0.15) is 5.82 Å². The molecular formula is C16H22N2O. The zero-order chi connectivity index (χ0) is 13.2. The van der Waals surface area contributed by atoms with Crippen LogP contribution in [0.15, 0.2) is 12.3 Å². The van der Waals surface area contributed by atoms with Crippen LogP contribution >= 0.6 is 0 Å². The highest BCUT2D eigenvalue weighted by molar-refractivity contribution is 5.75. The molecule has 0 radical (unpaired) electrons. The number of carbonyl (C=O) groups excluding carboxylic acids is 1. The number of pyridine rings is 1. The van der Waals surface area contributed by atoms with Crippen LogP contribution in [0.5, 0.6) is 0 Å². The van der Waals surface area contributed by atoms with E-state index in [1.165, 1.54) is 38.5 Å². The van der Waals surface area contributed by atoms with Gasteiger partial charge in [0.15, 0.2) is 6.29 Å². The molecule has 3 rings (SSSR count). The summed E-state index contributed by atoms with van der Waals surface area (Å²) in [5.41, 5.74) is 1.81. The quantitative estimate of drug-likeness (QED) is 0.779. The van der Waals surface area contributed by atoms with Crippen LogP contribution in [0.3, 0.4) is 0 Å². The molecule has 1 aromatic rings. The second-order valence-corrected chi connectivity index (χ2v) is 5.97. The third-order valence-electron chi connectivity index (χ3n) is 4.72. The smallest absolute Gasteiger partial charge is 0.151 e. The van der Waals surface area contributed by atoms with Gasteiger partial charge in [-0.1, -0.05) is 12.8 Å². The Hall–Kier alpha value is -1.38. The van der Waals surface area contributed by atoms with Gasteiger partial charge in [-0.15, -0.1) is 0 Å². The molecule has 0 spiro atoms. The molecule has 102 valence electrons. The summed E-state index contributed by atoms with van der Waals surface area (Å²) in [7, 11) is 0. The first-order chi connectivity index (χ1) is 9.29. The number of nitrogens with zero attached hydrogens (tertiary/aromatic N) is 2. The van der Waals surface area contributed by atoms with Crippen LogP contribution in [0, 0.1) is 12.8 Å². The molecule has 3 heteroatoms. The summed E-state index contributed by atoms with van der Waals surface area (Å²) in [6.45, 7) is 3.19. The summed E-state index contributed by atoms with van der Waals surface area (Å²) in [6, 6.07) is 2.63. The van der Waals surface area contributed by atoms with Gasteiger partial charge in [-0.05, 0) is 50.2 Å². The van der Waals surface area contributed by atoms with E-state index in [0.29, 0.717) is 11.6 Å². The normalized spacial score (nSPS) is 24.1. The number of hydrogen-bond acceptors (Lipinski definition) is 3. The minimum absolute atomic E-state index is 0.677. The Labute approximate surface area is 115 Å². The third-order valence-corrected chi connectivity index (χ3v) is 4.72. The second-order valence-electron chi connectivity index (χ2n) is 5.97. The molecule has 0 aromatic carbocycles. The zero-order valence-electron chi connectivity index (χ0n) is 11.6. The summed E-state index contributed by atoms with van der Waals surface area (Å²) in [5, 5.41) is 0. The number of rotatable bonds is 3.